The van der Waals surface area contributed by atoms with E-state index in [1.807, 2.05) is 27.7 Å². The predicted molar refractivity (Wildman–Crippen MR) is 178 cm³/mol. The summed E-state index contributed by atoms with van der Waals surface area (Å²) in [6.07, 6.45) is 1.65. The minimum atomic E-state index is -0.707. The quantitative estimate of drug-likeness (QED) is 0.153. The summed E-state index contributed by atoms with van der Waals surface area (Å²) in [5.41, 5.74) is 1.65. The molecular formula is C36H46N2O12. The van der Waals surface area contributed by atoms with Gasteiger partial charge in [0.2, 0.25) is 11.8 Å². The van der Waals surface area contributed by atoms with Gasteiger partial charge in [0, 0.05) is 12.8 Å². The van der Waals surface area contributed by atoms with Gasteiger partial charge in [0.25, 0.3) is 0 Å². The molecule has 2 aromatic heterocycles. The Kier molecular flexibility index (Phi) is 13.4. The van der Waals surface area contributed by atoms with Crippen molar-refractivity contribution in [2.24, 2.45) is 23.7 Å². The van der Waals surface area contributed by atoms with E-state index in [0.29, 0.717) is 22.7 Å². The minimum absolute atomic E-state index is 0.0652. The lowest BCUT2D eigenvalue weighted by atomic mass is 9.92. The van der Waals surface area contributed by atoms with Crippen molar-refractivity contribution in [1.29, 1.82) is 0 Å². The fourth-order valence-electron chi connectivity index (χ4n) is 5.59. The van der Waals surface area contributed by atoms with Crippen LogP contribution in [-0.2, 0) is 41.4 Å². The molecule has 0 saturated carbocycles. The molecule has 2 aliphatic heterocycles. The van der Waals surface area contributed by atoms with E-state index in [2.05, 4.69) is 13.2 Å². The zero-order chi connectivity index (χ0) is 37.4. The SMILES string of the molecule is C=C(C)[C@H](Cc1occc1C(=O)OC)C(=O)N1C(=O)OC[C@@H]1C(C)C.C=C(C)[C@H](Cc1occc1C(=O)OC)C(=O)N1C(=O)OC[C@@H]1C(C)C. The average Bonchev–Trinajstić information content (AvgIpc) is 3.87. The van der Waals surface area contributed by atoms with Crippen molar-refractivity contribution >= 4 is 35.9 Å². The summed E-state index contributed by atoms with van der Waals surface area (Å²) in [5, 5.41) is 0. The summed E-state index contributed by atoms with van der Waals surface area (Å²) in [4.78, 5) is 76.0. The molecular weight excluding hydrogens is 652 g/mol. The molecule has 2 fully saturated rings. The maximum Gasteiger partial charge on any atom is 0.417 e. The maximum atomic E-state index is 13.0. The van der Waals surface area contributed by atoms with Crippen LogP contribution in [0.2, 0.25) is 0 Å². The summed E-state index contributed by atoms with van der Waals surface area (Å²) in [6, 6.07) is 2.33. The first-order chi connectivity index (χ1) is 23.5. The Bertz CT molecular complexity index is 1500. The molecule has 2 aliphatic rings. The van der Waals surface area contributed by atoms with Crippen molar-refractivity contribution in [1.82, 2.24) is 9.80 Å². The highest BCUT2D eigenvalue weighted by Crippen LogP contribution is 2.29. The highest BCUT2D eigenvalue weighted by Gasteiger charge is 2.44. The number of imide groups is 2. The number of esters is 2. The van der Waals surface area contributed by atoms with Crippen molar-refractivity contribution in [3.05, 3.63) is 71.6 Å². The lowest BCUT2D eigenvalue weighted by Gasteiger charge is -2.26. The molecule has 0 N–H and O–H groups in total. The number of methoxy groups -OCH3 is 2. The molecule has 4 atom stereocenters. The van der Waals surface area contributed by atoms with Gasteiger partial charge in [-0.1, -0.05) is 52.0 Å². The number of amides is 4. The van der Waals surface area contributed by atoms with Crippen LogP contribution in [-0.4, -0.2) is 85.3 Å². The average molecular weight is 699 g/mol. The standard InChI is InChI=1S/2C18H23NO6/c2*1-10(2)13(8-15-12(6-7-24-15)17(21)23-5)16(20)19-14(11(3)4)9-25-18(19)22/h2*6-7,11,13-14H,1,8-9H2,2-5H3/t2*13-,14+/m00/s1. The molecule has 2 aromatic rings. The molecule has 14 heteroatoms. The number of cyclic esters (lactones) is 2. The van der Waals surface area contributed by atoms with Gasteiger partial charge in [-0.05, 0) is 37.8 Å². The van der Waals surface area contributed by atoms with Gasteiger partial charge in [0.15, 0.2) is 0 Å². The molecule has 0 aliphatic carbocycles. The van der Waals surface area contributed by atoms with E-state index in [1.54, 1.807) is 13.8 Å². The largest absolute Gasteiger partial charge is 0.468 e. The van der Waals surface area contributed by atoms with Gasteiger partial charge in [-0.25, -0.2) is 29.0 Å². The minimum Gasteiger partial charge on any atom is -0.468 e. The van der Waals surface area contributed by atoms with E-state index in [0.717, 1.165) is 9.80 Å². The fraction of sp³-hybridized carbons (Fsp3) is 0.500. The van der Waals surface area contributed by atoms with Gasteiger partial charge in [-0.2, -0.15) is 0 Å². The Morgan fingerprint density at radius 3 is 1.34 bits per heavy atom. The van der Waals surface area contributed by atoms with Crippen LogP contribution >= 0.6 is 0 Å². The Morgan fingerprint density at radius 2 is 1.06 bits per heavy atom. The van der Waals surface area contributed by atoms with Crippen LogP contribution in [0.1, 0.15) is 73.8 Å². The van der Waals surface area contributed by atoms with Gasteiger partial charge < -0.3 is 27.8 Å². The zero-order valence-electron chi connectivity index (χ0n) is 29.8. The van der Waals surface area contributed by atoms with E-state index in [4.69, 9.17) is 27.8 Å². The van der Waals surface area contributed by atoms with Crippen molar-refractivity contribution in [2.75, 3.05) is 27.4 Å². The van der Waals surface area contributed by atoms with Crippen LogP contribution in [0.3, 0.4) is 0 Å². The number of nitrogens with zero attached hydrogens (tertiary/aromatic N) is 2. The Hall–Kier alpha value is -5.14. The van der Waals surface area contributed by atoms with E-state index >= 15 is 0 Å². The second-order valence-electron chi connectivity index (χ2n) is 12.9. The predicted octanol–water partition coefficient (Wildman–Crippen LogP) is 5.61. The number of carbonyl (C=O) groups excluding carboxylic acids is 6. The number of ether oxygens (including phenoxy) is 4. The number of carbonyl (C=O) groups is 6. The molecule has 4 amide bonds. The first-order valence-electron chi connectivity index (χ1n) is 16.1. The summed E-state index contributed by atoms with van der Waals surface area (Å²) >= 11 is 0. The van der Waals surface area contributed by atoms with Gasteiger partial charge in [0.1, 0.15) is 35.9 Å². The first-order valence-corrected chi connectivity index (χ1v) is 16.1. The summed E-state index contributed by atoms with van der Waals surface area (Å²) < 4.78 is 30.2. The summed E-state index contributed by atoms with van der Waals surface area (Å²) in [7, 11) is 2.54. The topological polar surface area (TPSA) is 172 Å². The molecule has 50 heavy (non-hydrogen) atoms. The van der Waals surface area contributed by atoms with E-state index in [1.165, 1.54) is 38.9 Å². The smallest absolute Gasteiger partial charge is 0.417 e. The second-order valence-corrected chi connectivity index (χ2v) is 12.9. The molecule has 0 radical (unpaired) electrons. The molecule has 272 valence electrons. The first kappa shape index (κ1) is 39.3. The molecule has 4 rings (SSSR count). The van der Waals surface area contributed by atoms with E-state index in [-0.39, 0.29) is 61.1 Å². The van der Waals surface area contributed by atoms with Crippen LogP contribution in [0.25, 0.3) is 0 Å². The van der Waals surface area contributed by atoms with E-state index < -0.39 is 47.8 Å². The molecule has 14 nitrogen and oxygen atoms in total. The van der Waals surface area contributed by atoms with Gasteiger partial charge in [-0.3, -0.25) is 9.59 Å². The van der Waals surface area contributed by atoms with Crippen LogP contribution in [0.15, 0.2) is 57.8 Å². The number of furan rings is 2. The van der Waals surface area contributed by atoms with Crippen molar-refractivity contribution in [3.63, 3.8) is 0 Å². The highest BCUT2D eigenvalue weighted by molar-refractivity contribution is 5.97. The molecule has 0 spiro atoms. The van der Waals surface area contributed by atoms with E-state index in [9.17, 15) is 28.8 Å². The molecule has 0 bridgehead atoms. The van der Waals surface area contributed by atoms with Crippen LogP contribution < -0.4 is 0 Å². The zero-order valence-corrected chi connectivity index (χ0v) is 29.8. The lowest BCUT2D eigenvalue weighted by molar-refractivity contribution is -0.133. The van der Waals surface area contributed by atoms with Crippen LogP contribution in [0.5, 0.6) is 0 Å². The van der Waals surface area contributed by atoms with Gasteiger partial charge >= 0.3 is 24.1 Å². The Labute approximate surface area is 291 Å². The van der Waals surface area contributed by atoms with Crippen molar-refractivity contribution in [3.8, 4) is 0 Å². The normalized spacial score (nSPS) is 18.2. The maximum absolute atomic E-state index is 13.0. The number of hydrogen-bond donors (Lipinski definition) is 0. The summed E-state index contributed by atoms with van der Waals surface area (Å²) in [5.74, 6) is -2.53. The monoisotopic (exact) mass is 698 g/mol. The van der Waals surface area contributed by atoms with Crippen LogP contribution in [0.4, 0.5) is 9.59 Å². The molecule has 4 heterocycles. The second kappa shape index (κ2) is 17.0. The lowest BCUT2D eigenvalue weighted by Crippen LogP contribution is -2.45. The Morgan fingerprint density at radius 1 is 0.720 bits per heavy atom. The van der Waals surface area contributed by atoms with Crippen molar-refractivity contribution in [2.45, 2.75) is 66.5 Å². The number of hydrogen-bond acceptors (Lipinski definition) is 12. The third-order valence-electron chi connectivity index (χ3n) is 8.69. The molecule has 0 unspecified atom stereocenters. The summed E-state index contributed by atoms with van der Waals surface area (Å²) in [6.45, 7) is 19.2. The van der Waals surface area contributed by atoms with Crippen LogP contribution in [0, 0.1) is 23.7 Å². The highest BCUT2D eigenvalue weighted by atomic mass is 16.6. The fourth-order valence-corrected chi connectivity index (χ4v) is 5.59. The number of rotatable bonds is 12. The molecule has 2 saturated heterocycles. The van der Waals surface area contributed by atoms with Gasteiger partial charge in [0.05, 0.1) is 50.7 Å². The van der Waals surface area contributed by atoms with Crippen molar-refractivity contribution < 1.29 is 56.5 Å². The third-order valence-corrected chi connectivity index (χ3v) is 8.69. The van der Waals surface area contributed by atoms with Gasteiger partial charge in [-0.15, -0.1) is 0 Å². The Balaban J connectivity index is 0.000000270. The third kappa shape index (κ3) is 8.71. The molecule has 0 aromatic carbocycles.